The maximum absolute atomic E-state index is 6.70. The summed E-state index contributed by atoms with van der Waals surface area (Å²) < 4.78 is 6.70. The number of fused-ring (bicyclic) bond motifs is 7. The van der Waals surface area contributed by atoms with Crippen LogP contribution in [0.25, 0.3) is 104 Å². The fraction of sp³-hybridized carbons (Fsp3) is 0.0588. The highest BCUT2D eigenvalue weighted by molar-refractivity contribution is 7.15. The Hall–Kier alpha value is -6.22. The largest absolute Gasteiger partial charge is 0.456 e. The highest BCUT2D eigenvalue weighted by atomic mass is 32.1. The third-order valence-corrected chi connectivity index (χ3v) is 12.3. The maximum Gasteiger partial charge on any atom is 0.136 e. The average molecular weight is 695 g/mol. The predicted molar refractivity (Wildman–Crippen MR) is 228 cm³/mol. The molecule has 0 amide bonds. The second-order valence-corrected chi connectivity index (χ2v) is 15.5. The minimum atomic E-state index is 0.912. The summed E-state index contributed by atoms with van der Waals surface area (Å²) in [4.78, 5) is 2.67. The fourth-order valence-electron chi connectivity index (χ4n) is 9.07. The van der Waals surface area contributed by atoms with Crippen molar-refractivity contribution in [3.8, 4) is 43.8 Å². The summed E-state index contributed by atoms with van der Waals surface area (Å²) in [5.41, 5.74) is 13.5. The molecule has 8 aromatic carbocycles. The van der Waals surface area contributed by atoms with Crippen molar-refractivity contribution in [2.75, 3.05) is 0 Å². The van der Waals surface area contributed by atoms with Crippen LogP contribution in [0.2, 0.25) is 0 Å². The highest BCUT2D eigenvalue weighted by Gasteiger charge is 2.25. The summed E-state index contributed by atoms with van der Waals surface area (Å²) in [5, 5.41) is 9.96. The van der Waals surface area contributed by atoms with Crippen LogP contribution in [0.5, 0.6) is 0 Å². The molecule has 2 heteroatoms. The van der Waals surface area contributed by atoms with E-state index in [0.29, 0.717) is 0 Å². The molecule has 0 bridgehead atoms. The van der Waals surface area contributed by atoms with Crippen molar-refractivity contribution in [3.05, 3.63) is 174 Å². The number of aryl methyl sites for hydroxylation is 1. The molecule has 0 saturated carbocycles. The molecular formula is C51H34OS. The Morgan fingerprint density at radius 3 is 1.77 bits per heavy atom. The third-order valence-electron chi connectivity index (χ3n) is 11.2. The van der Waals surface area contributed by atoms with Crippen molar-refractivity contribution < 1.29 is 4.42 Å². The van der Waals surface area contributed by atoms with Gasteiger partial charge in [0.05, 0.1) is 0 Å². The van der Waals surface area contributed by atoms with Crippen molar-refractivity contribution in [2.24, 2.45) is 0 Å². The molecule has 0 saturated heterocycles. The number of hydrogen-bond donors (Lipinski definition) is 0. The minimum Gasteiger partial charge on any atom is -0.456 e. The lowest BCUT2D eigenvalue weighted by molar-refractivity contribution is 0.669. The van der Waals surface area contributed by atoms with E-state index in [2.05, 4.69) is 171 Å². The van der Waals surface area contributed by atoms with Gasteiger partial charge >= 0.3 is 0 Å². The van der Waals surface area contributed by atoms with Crippen LogP contribution in [0, 0.1) is 6.92 Å². The molecule has 0 atom stereocenters. The summed E-state index contributed by atoms with van der Waals surface area (Å²) in [5.74, 6) is 0. The van der Waals surface area contributed by atoms with Crippen LogP contribution < -0.4 is 0 Å². The molecule has 0 unspecified atom stereocenters. The highest BCUT2D eigenvalue weighted by Crippen LogP contribution is 2.50. The molecular weight excluding hydrogens is 661 g/mol. The smallest absolute Gasteiger partial charge is 0.136 e. The Morgan fingerprint density at radius 1 is 0.491 bits per heavy atom. The molecule has 0 spiro atoms. The number of allylic oxidation sites excluding steroid dienone is 1. The molecule has 1 nitrogen and oxygen atoms in total. The van der Waals surface area contributed by atoms with Crippen LogP contribution in [-0.2, 0) is 6.42 Å². The number of furan rings is 1. The van der Waals surface area contributed by atoms with E-state index in [4.69, 9.17) is 4.42 Å². The molecule has 1 aliphatic carbocycles. The van der Waals surface area contributed by atoms with Gasteiger partial charge < -0.3 is 4.42 Å². The van der Waals surface area contributed by atoms with Gasteiger partial charge in [-0.05, 0) is 127 Å². The SMILES string of the molecule is Cc1ccc(-c2c3c(c(-c4cccc5oc6ccc(-c7c8ccccc8c(-c8ccccc8)c8ccccc78)cc6c45)c4ccccc24)CCC=C3)s1. The first-order valence-corrected chi connectivity index (χ1v) is 19.3. The monoisotopic (exact) mass is 694 g/mol. The Morgan fingerprint density at radius 2 is 1.11 bits per heavy atom. The van der Waals surface area contributed by atoms with Gasteiger partial charge in [-0.2, -0.15) is 0 Å². The van der Waals surface area contributed by atoms with Crippen molar-refractivity contribution >= 4 is 71.7 Å². The topological polar surface area (TPSA) is 13.1 Å². The van der Waals surface area contributed by atoms with Crippen LogP contribution in [0.15, 0.2) is 162 Å². The van der Waals surface area contributed by atoms with Gasteiger partial charge in [0.25, 0.3) is 0 Å². The minimum absolute atomic E-state index is 0.912. The molecule has 0 aliphatic heterocycles. The van der Waals surface area contributed by atoms with Crippen LogP contribution in [0.1, 0.15) is 22.4 Å². The lowest BCUT2D eigenvalue weighted by Gasteiger charge is -2.23. The number of benzene rings is 8. The van der Waals surface area contributed by atoms with Crippen molar-refractivity contribution in [1.82, 2.24) is 0 Å². The molecule has 11 rings (SSSR count). The van der Waals surface area contributed by atoms with Gasteiger partial charge in [0.1, 0.15) is 11.2 Å². The van der Waals surface area contributed by atoms with Crippen molar-refractivity contribution in [1.29, 1.82) is 0 Å². The summed E-state index contributed by atoms with van der Waals surface area (Å²) in [6.45, 7) is 2.20. The van der Waals surface area contributed by atoms with Crippen molar-refractivity contribution in [2.45, 2.75) is 19.8 Å². The first-order valence-electron chi connectivity index (χ1n) is 18.5. The summed E-state index contributed by atoms with van der Waals surface area (Å²) >= 11 is 1.89. The van der Waals surface area contributed by atoms with Gasteiger partial charge in [-0.25, -0.2) is 0 Å². The van der Waals surface area contributed by atoms with E-state index < -0.39 is 0 Å². The second kappa shape index (κ2) is 11.9. The quantitative estimate of drug-likeness (QED) is 0.167. The first kappa shape index (κ1) is 30.4. The third kappa shape index (κ3) is 4.62. The van der Waals surface area contributed by atoms with Crippen LogP contribution in [0.3, 0.4) is 0 Å². The summed E-state index contributed by atoms with van der Waals surface area (Å²) in [6, 6.07) is 55.6. The standard InChI is InChI=1S/C51H34OS/c1-31-26-29-46(53-31)51-40-22-11-9-20-38(40)49(39-21-10-12-23-41(39)51)42-24-13-25-45-50(42)43-30-33(27-28-44(43)52-45)48-36-18-7-5-16-34(36)47(32-14-3-2-4-15-32)35-17-6-8-19-37(35)48/h2-9,11-20,22-30H,10,21H2,1H3. The van der Waals surface area contributed by atoms with Crippen LogP contribution in [-0.4, -0.2) is 0 Å². The molecule has 1 aliphatic rings. The molecule has 53 heavy (non-hydrogen) atoms. The Bertz CT molecular complexity index is 3060. The predicted octanol–water partition coefficient (Wildman–Crippen LogP) is 15.0. The fourth-order valence-corrected chi connectivity index (χ4v) is 10.0. The molecule has 0 fully saturated rings. The summed E-state index contributed by atoms with van der Waals surface area (Å²) in [6.07, 6.45) is 6.77. The maximum atomic E-state index is 6.70. The lowest BCUT2D eigenvalue weighted by Crippen LogP contribution is -2.02. The molecule has 2 heterocycles. The Kier molecular flexibility index (Phi) is 6.84. The van der Waals surface area contributed by atoms with E-state index in [1.807, 2.05) is 11.3 Å². The van der Waals surface area contributed by atoms with Gasteiger partial charge in [-0.3, -0.25) is 0 Å². The van der Waals surface area contributed by atoms with E-state index in [-0.39, 0.29) is 0 Å². The number of thiophene rings is 1. The van der Waals surface area contributed by atoms with Crippen LogP contribution in [0.4, 0.5) is 0 Å². The Labute approximate surface area is 312 Å². The van der Waals surface area contributed by atoms with Gasteiger partial charge in [-0.1, -0.05) is 133 Å². The molecule has 10 aromatic rings. The molecule has 0 radical (unpaired) electrons. The first-order chi connectivity index (χ1) is 26.2. The zero-order valence-electron chi connectivity index (χ0n) is 29.3. The van der Waals surface area contributed by atoms with Gasteiger partial charge in [0, 0.05) is 26.1 Å². The van der Waals surface area contributed by atoms with E-state index in [1.54, 1.807) is 0 Å². The number of rotatable bonds is 4. The van der Waals surface area contributed by atoms with E-state index in [1.165, 1.54) is 97.5 Å². The average Bonchev–Trinajstić information content (AvgIpc) is 3.82. The second-order valence-electron chi connectivity index (χ2n) is 14.2. The normalized spacial score (nSPS) is 12.8. The van der Waals surface area contributed by atoms with E-state index in [0.717, 1.165) is 29.4 Å². The van der Waals surface area contributed by atoms with E-state index >= 15 is 0 Å². The zero-order chi connectivity index (χ0) is 35.0. The van der Waals surface area contributed by atoms with Gasteiger partial charge in [0.15, 0.2) is 0 Å². The zero-order valence-corrected chi connectivity index (χ0v) is 30.1. The lowest BCUT2D eigenvalue weighted by atomic mass is 9.80. The molecule has 0 N–H and O–H groups in total. The molecule has 2 aromatic heterocycles. The van der Waals surface area contributed by atoms with Crippen LogP contribution >= 0.6 is 11.3 Å². The molecule has 250 valence electrons. The van der Waals surface area contributed by atoms with Gasteiger partial charge in [-0.15, -0.1) is 11.3 Å². The number of hydrogen-bond acceptors (Lipinski definition) is 2. The van der Waals surface area contributed by atoms with Crippen molar-refractivity contribution in [3.63, 3.8) is 0 Å². The Balaban J connectivity index is 1.22. The van der Waals surface area contributed by atoms with Gasteiger partial charge in [0.2, 0.25) is 0 Å². The summed E-state index contributed by atoms with van der Waals surface area (Å²) in [7, 11) is 0. The van der Waals surface area contributed by atoms with E-state index in [9.17, 15) is 0 Å².